The Hall–Kier alpha value is -3.81. The van der Waals surface area contributed by atoms with Gasteiger partial charge in [-0.3, -0.25) is 14.2 Å². The van der Waals surface area contributed by atoms with Crippen LogP contribution in [0.15, 0.2) is 59.4 Å². The van der Waals surface area contributed by atoms with Crippen molar-refractivity contribution < 1.29 is 9.53 Å². The number of aromatic nitrogens is 2. The van der Waals surface area contributed by atoms with Gasteiger partial charge in [0.25, 0.3) is 5.56 Å². The second-order valence-corrected chi connectivity index (χ2v) is 9.13. The monoisotopic (exact) mass is 473 g/mol. The van der Waals surface area contributed by atoms with Crippen molar-refractivity contribution in [1.29, 1.82) is 0 Å². The number of anilines is 2. The maximum Gasteiger partial charge on any atom is 0.255 e. The fourth-order valence-corrected chi connectivity index (χ4v) is 4.90. The van der Waals surface area contributed by atoms with Gasteiger partial charge >= 0.3 is 0 Å². The zero-order chi connectivity index (χ0) is 24.4. The number of carbonyl (C=O) groups is 1. The Morgan fingerprint density at radius 3 is 2.37 bits per heavy atom. The van der Waals surface area contributed by atoms with Gasteiger partial charge in [0.2, 0.25) is 11.9 Å². The van der Waals surface area contributed by atoms with E-state index in [-0.39, 0.29) is 18.0 Å². The minimum Gasteiger partial charge on any atom is -0.497 e. The standard InChI is InChI=1S/C27H31N5O3/c1-20-17-25(33)32(27(28-20)31-12-11-21-5-3-4-6-22(21)18-31)19-26(34)30-15-13-29(14-16-30)23-7-9-24(35-2)10-8-23/h3-10,17H,11-16,18-19H2,1-2H3. The lowest BCUT2D eigenvalue weighted by Crippen LogP contribution is -2.50. The van der Waals surface area contributed by atoms with Gasteiger partial charge in [0.05, 0.1) is 7.11 Å². The van der Waals surface area contributed by atoms with Crippen molar-refractivity contribution in [2.45, 2.75) is 26.4 Å². The number of ether oxygens (including phenoxy) is 1. The first-order chi connectivity index (χ1) is 17.0. The summed E-state index contributed by atoms with van der Waals surface area (Å²) in [6.07, 6.45) is 0.890. The fraction of sp³-hybridized carbons (Fsp3) is 0.370. The highest BCUT2D eigenvalue weighted by Crippen LogP contribution is 2.23. The maximum absolute atomic E-state index is 13.2. The third kappa shape index (κ3) is 4.87. The van der Waals surface area contributed by atoms with Gasteiger partial charge in [-0.05, 0) is 48.7 Å². The lowest BCUT2D eigenvalue weighted by molar-refractivity contribution is -0.132. The molecule has 0 bridgehead atoms. The molecule has 1 amide bonds. The summed E-state index contributed by atoms with van der Waals surface area (Å²) >= 11 is 0. The molecule has 1 aromatic heterocycles. The SMILES string of the molecule is COc1ccc(N2CCN(C(=O)Cn3c(N4CCc5ccccc5C4)nc(C)cc3=O)CC2)cc1. The number of benzene rings is 2. The first-order valence-corrected chi connectivity index (χ1v) is 12.1. The molecule has 3 aromatic rings. The van der Waals surface area contributed by atoms with E-state index in [0.29, 0.717) is 31.3 Å². The molecule has 5 rings (SSSR count). The Bertz CT molecular complexity index is 1260. The number of aryl methyl sites for hydroxylation is 1. The first-order valence-electron chi connectivity index (χ1n) is 12.1. The zero-order valence-electron chi connectivity index (χ0n) is 20.3. The van der Waals surface area contributed by atoms with Crippen molar-refractivity contribution in [1.82, 2.24) is 14.5 Å². The Morgan fingerprint density at radius 2 is 1.66 bits per heavy atom. The van der Waals surface area contributed by atoms with E-state index in [9.17, 15) is 9.59 Å². The highest BCUT2D eigenvalue weighted by molar-refractivity contribution is 5.77. The summed E-state index contributed by atoms with van der Waals surface area (Å²) in [5.74, 6) is 1.35. The minimum atomic E-state index is -0.184. The molecule has 0 N–H and O–H groups in total. The van der Waals surface area contributed by atoms with Crippen LogP contribution in [0.25, 0.3) is 0 Å². The molecule has 182 valence electrons. The molecule has 35 heavy (non-hydrogen) atoms. The Kier molecular flexibility index (Phi) is 6.44. The fourth-order valence-electron chi connectivity index (χ4n) is 4.90. The van der Waals surface area contributed by atoms with Crippen LogP contribution >= 0.6 is 0 Å². The Balaban J connectivity index is 1.29. The van der Waals surface area contributed by atoms with E-state index in [1.54, 1.807) is 11.7 Å². The average molecular weight is 474 g/mol. The van der Waals surface area contributed by atoms with E-state index in [2.05, 4.69) is 28.0 Å². The quantitative estimate of drug-likeness (QED) is 0.567. The van der Waals surface area contributed by atoms with Crippen molar-refractivity contribution in [3.63, 3.8) is 0 Å². The second-order valence-electron chi connectivity index (χ2n) is 9.13. The highest BCUT2D eigenvalue weighted by Gasteiger charge is 2.25. The summed E-state index contributed by atoms with van der Waals surface area (Å²) in [4.78, 5) is 37.1. The van der Waals surface area contributed by atoms with E-state index in [1.807, 2.05) is 42.2 Å². The molecule has 0 atom stereocenters. The molecule has 8 heteroatoms. The summed E-state index contributed by atoms with van der Waals surface area (Å²) in [5.41, 5.74) is 4.17. The molecule has 3 heterocycles. The number of rotatable bonds is 5. The largest absolute Gasteiger partial charge is 0.497 e. The number of fused-ring (bicyclic) bond motifs is 1. The van der Waals surface area contributed by atoms with E-state index in [1.165, 1.54) is 17.2 Å². The maximum atomic E-state index is 13.2. The van der Waals surface area contributed by atoms with Gasteiger partial charge in [-0.2, -0.15) is 0 Å². The Labute approximate surface area is 205 Å². The topological polar surface area (TPSA) is 70.9 Å². The van der Waals surface area contributed by atoms with E-state index in [0.717, 1.165) is 37.5 Å². The third-order valence-electron chi connectivity index (χ3n) is 6.89. The van der Waals surface area contributed by atoms with Crippen molar-refractivity contribution in [3.05, 3.63) is 81.8 Å². The van der Waals surface area contributed by atoms with Crippen LogP contribution in [-0.4, -0.2) is 60.2 Å². The first kappa shape index (κ1) is 23.0. The molecule has 0 saturated carbocycles. The van der Waals surface area contributed by atoms with Crippen molar-refractivity contribution in [3.8, 4) is 5.75 Å². The van der Waals surface area contributed by atoms with Gasteiger partial charge in [0, 0.05) is 56.7 Å². The highest BCUT2D eigenvalue weighted by atomic mass is 16.5. The third-order valence-corrected chi connectivity index (χ3v) is 6.89. The van der Waals surface area contributed by atoms with Crippen LogP contribution < -0.4 is 20.1 Å². The molecule has 0 aliphatic carbocycles. The second kappa shape index (κ2) is 9.82. The zero-order valence-corrected chi connectivity index (χ0v) is 20.3. The normalized spacial score (nSPS) is 15.7. The molecular weight excluding hydrogens is 442 g/mol. The number of amides is 1. The van der Waals surface area contributed by atoms with Crippen LogP contribution in [-0.2, 0) is 24.3 Å². The molecule has 8 nitrogen and oxygen atoms in total. The van der Waals surface area contributed by atoms with Crippen LogP contribution in [0.4, 0.5) is 11.6 Å². The van der Waals surface area contributed by atoms with Gasteiger partial charge in [0.1, 0.15) is 12.3 Å². The molecule has 1 saturated heterocycles. The summed E-state index contributed by atoms with van der Waals surface area (Å²) in [6.45, 7) is 6.00. The number of hydrogen-bond donors (Lipinski definition) is 0. The predicted molar refractivity (Wildman–Crippen MR) is 136 cm³/mol. The van der Waals surface area contributed by atoms with E-state index >= 15 is 0 Å². The van der Waals surface area contributed by atoms with Gasteiger partial charge in [-0.1, -0.05) is 24.3 Å². The lowest BCUT2D eigenvalue weighted by atomic mass is 10.0. The van der Waals surface area contributed by atoms with Crippen molar-refractivity contribution >= 4 is 17.5 Å². The number of nitrogens with zero attached hydrogens (tertiary/aromatic N) is 5. The van der Waals surface area contributed by atoms with Gasteiger partial charge < -0.3 is 19.4 Å². The molecule has 0 radical (unpaired) electrons. The Morgan fingerprint density at radius 1 is 0.943 bits per heavy atom. The summed E-state index contributed by atoms with van der Waals surface area (Å²) in [7, 11) is 1.66. The van der Waals surface area contributed by atoms with Gasteiger partial charge in [-0.25, -0.2) is 4.98 Å². The van der Waals surface area contributed by atoms with Crippen molar-refractivity contribution in [2.24, 2.45) is 0 Å². The lowest BCUT2D eigenvalue weighted by Gasteiger charge is -2.36. The van der Waals surface area contributed by atoms with Gasteiger partial charge in [-0.15, -0.1) is 0 Å². The van der Waals surface area contributed by atoms with E-state index in [4.69, 9.17) is 9.72 Å². The minimum absolute atomic E-state index is 0.00211. The number of piperazine rings is 1. The number of carbonyl (C=O) groups excluding carboxylic acids is 1. The van der Waals surface area contributed by atoms with Crippen LogP contribution in [0.3, 0.4) is 0 Å². The molecule has 2 aliphatic rings. The molecular formula is C27H31N5O3. The summed E-state index contributed by atoms with van der Waals surface area (Å²) in [6, 6.07) is 17.8. The summed E-state index contributed by atoms with van der Waals surface area (Å²) < 4.78 is 6.78. The van der Waals surface area contributed by atoms with Gasteiger partial charge in [0.15, 0.2) is 0 Å². The molecule has 1 fully saturated rings. The van der Waals surface area contributed by atoms with Crippen LogP contribution in [0, 0.1) is 6.92 Å². The number of methoxy groups -OCH3 is 1. The van der Waals surface area contributed by atoms with Crippen LogP contribution in [0.5, 0.6) is 5.75 Å². The van der Waals surface area contributed by atoms with Crippen LogP contribution in [0.1, 0.15) is 16.8 Å². The molecule has 2 aromatic carbocycles. The molecule has 2 aliphatic heterocycles. The van der Waals surface area contributed by atoms with E-state index < -0.39 is 0 Å². The summed E-state index contributed by atoms with van der Waals surface area (Å²) in [5, 5.41) is 0. The molecule has 0 unspecified atom stereocenters. The average Bonchev–Trinajstić information content (AvgIpc) is 2.90. The smallest absolute Gasteiger partial charge is 0.255 e. The predicted octanol–water partition coefficient (Wildman–Crippen LogP) is 2.47. The van der Waals surface area contributed by atoms with Crippen molar-refractivity contribution in [2.75, 3.05) is 49.6 Å². The molecule has 0 spiro atoms. The number of hydrogen-bond acceptors (Lipinski definition) is 6. The van der Waals surface area contributed by atoms with Crippen LogP contribution in [0.2, 0.25) is 0 Å².